The molecule has 0 spiro atoms. The number of nitrogens with zero attached hydrogens (tertiary/aromatic N) is 3. The van der Waals surface area contributed by atoms with Gasteiger partial charge in [-0.2, -0.15) is 8.42 Å². The van der Waals surface area contributed by atoms with E-state index in [4.69, 9.17) is 0 Å². The minimum absolute atomic E-state index is 0.362. The van der Waals surface area contributed by atoms with Gasteiger partial charge in [0.2, 0.25) is 0 Å². The van der Waals surface area contributed by atoms with Gasteiger partial charge in [0.25, 0.3) is 0 Å². The lowest BCUT2D eigenvalue weighted by molar-refractivity contribution is 0.276. The van der Waals surface area contributed by atoms with Gasteiger partial charge in [0, 0.05) is 32.1 Å². The molecular weight excluding hydrogens is 278 g/mol. The van der Waals surface area contributed by atoms with Crippen molar-refractivity contribution in [2.45, 2.75) is 6.92 Å². The first-order valence-electron chi connectivity index (χ1n) is 6.01. The highest BCUT2D eigenvalue weighted by atomic mass is 32.2. The SMILES string of the molecule is CNN(NC)S(=O)(=O)n1ccnc1-c1ccc(C)cc1. The minimum atomic E-state index is -3.78. The van der Waals surface area contributed by atoms with Crippen LogP contribution in [-0.2, 0) is 10.2 Å². The maximum absolute atomic E-state index is 12.4. The van der Waals surface area contributed by atoms with Crippen LogP contribution in [0.25, 0.3) is 11.4 Å². The summed E-state index contributed by atoms with van der Waals surface area (Å²) >= 11 is 0. The highest BCUT2D eigenvalue weighted by Crippen LogP contribution is 2.20. The molecule has 0 saturated carbocycles. The number of hydrazine groups is 2. The number of hydrogen-bond acceptors (Lipinski definition) is 5. The number of aryl methyl sites for hydroxylation is 1. The van der Waals surface area contributed by atoms with Gasteiger partial charge in [0.1, 0.15) is 0 Å². The highest BCUT2D eigenvalue weighted by Gasteiger charge is 2.24. The Morgan fingerprint density at radius 1 is 1.15 bits per heavy atom. The van der Waals surface area contributed by atoms with Gasteiger partial charge in [-0.1, -0.05) is 34.4 Å². The number of benzene rings is 1. The van der Waals surface area contributed by atoms with Gasteiger partial charge < -0.3 is 0 Å². The third kappa shape index (κ3) is 2.59. The molecule has 0 aliphatic carbocycles. The standard InChI is InChI=1S/C12H17N5O2S/c1-10-4-6-11(7-5-10)12-15-8-9-16(12)20(18,19)17(13-2)14-3/h4-9,13-14H,1-3H3. The maximum atomic E-state index is 12.4. The predicted molar refractivity (Wildman–Crippen MR) is 76.7 cm³/mol. The first-order valence-corrected chi connectivity index (χ1v) is 7.41. The van der Waals surface area contributed by atoms with Gasteiger partial charge in [0.15, 0.2) is 5.82 Å². The Morgan fingerprint density at radius 3 is 2.30 bits per heavy atom. The second kappa shape index (κ2) is 5.71. The molecule has 0 saturated heterocycles. The molecule has 0 amide bonds. The summed E-state index contributed by atoms with van der Waals surface area (Å²) in [7, 11) is -0.761. The Hall–Kier alpha value is -1.74. The van der Waals surface area contributed by atoms with E-state index < -0.39 is 10.2 Å². The van der Waals surface area contributed by atoms with E-state index in [1.165, 1.54) is 26.5 Å². The molecule has 20 heavy (non-hydrogen) atoms. The first kappa shape index (κ1) is 14.7. The smallest absolute Gasteiger partial charge is 0.236 e. The van der Waals surface area contributed by atoms with Crippen LogP contribution in [0.15, 0.2) is 36.7 Å². The van der Waals surface area contributed by atoms with Gasteiger partial charge in [0.05, 0.1) is 0 Å². The molecule has 0 atom stereocenters. The van der Waals surface area contributed by atoms with Crippen molar-refractivity contribution in [1.82, 2.24) is 24.3 Å². The van der Waals surface area contributed by atoms with Crippen LogP contribution in [0.1, 0.15) is 5.56 Å². The molecular formula is C12H17N5O2S. The fraction of sp³-hybridized carbons (Fsp3) is 0.250. The van der Waals surface area contributed by atoms with E-state index in [9.17, 15) is 8.42 Å². The molecule has 0 bridgehead atoms. The van der Waals surface area contributed by atoms with Crippen molar-refractivity contribution >= 4 is 10.2 Å². The Morgan fingerprint density at radius 2 is 1.75 bits per heavy atom. The fourth-order valence-electron chi connectivity index (χ4n) is 1.81. The van der Waals surface area contributed by atoms with E-state index in [1.54, 1.807) is 0 Å². The zero-order valence-electron chi connectivity index (χ0n) is 11.5. The summed E-state index contributed by atoms with van der Waals surface area (Å²) in [6.07, 6.45) is 2.86. The molecule has 2 aromatic rings. The van der Waals surface area contributed by atoms with Crippen LogP contribution in [0.5, 0.6) is 0 Å². The second-order valence-corrected chi connectivity index (χ2v) is 5.79. The lowest BCUT2D eigenvalue weighted by Gasteiger charge is -2.20. The van der Waals surface area contributed by atoms with Gasteiger partial charge in [-0.3, -0.25) is 0 Å². The molecule has 0 aliphatic rings. The van der Waals surface area contributed by atoms with Gasteiger partial charge in [-0.25, -0.2) is 19.8 Å². The summed E-state index contributed by atoms with van der Waals surface area (Å²) in [5, 5.41) is 0. The highest BCUT2D eigenvalue weighted by molar-refractivity contribution is 7.87. The Labute approximate surface area is 118 Å². The Balaban J connectivity index is 2.51. The van der Waals surface area contributed by atoms with E-state index in [0.717, 1.165) is 19.6 Å². The van der Waals surface area contributed by atoms with E-state index in [0.29, 0.717) is 5.82 Å². The van der Waals surface area contributed by atoms with Crippen LogP contribution in [0.2, 0.25) is 0 Å². The molecule has 1 aromatic carbocycles. The second-order valence-electron chi connectivity index (χ2n) is 4.13. The monoisotopic (exact) mass is 295 g/mol. The van der Waals surface area contributed by atoms with E-state index in [1.807, 2.05) is 31.2 Å². The number of aromatic nitrogens is 2. The van der Waals surface area contributed by atoms with Gasteiger partial charge in [-0.05, 0) is 6.92 Å². The third-order valence-corrected chi connectivity index (χ3v) is 4.42. The molecule has 2 N–H and O–H groups in total. The van der Waals surface area contributed by atoms with E-state index in [2.05, 4.69) is 15.8 Å². The molecule has 2 rings (SSSR count). The normalized spacial score (nSPS) is 12.0. The number of imidazole rings is 1. The van der Waals surface area contributed by atoms with Crippen LogP contribution >= 0.6 is 0 Å². The topological polar surface area (TPSA) is 79.3 Å². The Kier molecular flexibility index (Phi) is 4.19. The van der Waals surface area contributed by atoms with Crippen LogP contribution in [0.3, 0.4) is 0 Å². The zero-order valence-corrected chi connectivity index (χ0v) is 12.3. The third-order valence-electron chi connectivity index (χ3n) is 2.80. The van der Waals surface area contributed by atoms with E-state index in [-0.39, 0.29) is 0 Å². The fourth-order valence-corrected chi connectivity index (χ4v) is 3.03. The van der Waals surface area contributed by atoms with Crippen LogP contribution < -0.4 is 10.9 Å². The van der Waals surface area contributed by atoms with Crippen molar-refractivity contribution < 1.29 is 8.42 Å². The van der Waals surface area contributed by atoms with Crippen molar-refractivity contribution in [3.8, 4) is 11.4 Å². The first-order chi connectivity index (χ1) is 9.50. The molecule has 1 aromatic heterocycles. The van der Waals surface area contributed by atoms with Crippen molar-refractivity contribution in [1.29, 1.82) is 0 Å². The molecule has 8 heteroatoms. The van der Waals surface area contributed by atoms with E-state index >= 15 is 0 Å². The largest absolute Gasteiger partial charge is 0.335 e. The zero-order chi connectivity index (χ0) is 14.8. The molecule has 0 fully saturated rings. The molecule has 0 radical (unpaired) electrons. The minimum Gasteiger partial charge on any atom is -0.236 e. The van der Waals surface area contributed by atoms with Crippen molar-refractivity contribution in [3.63, 3.8) is 0 Å². The number of rotatable bonds is 5. The average Bonchev–Trinajstić information content (AvgIpc) is 2.90. The summed E-state index contributed by atoms with van der Waals surface area (Å²) in [4.78, 5) is 4.13. The molecule has 1 heterocycles. The quantitative estimate of drug-likeness (QED) is 0.786. The molecule has 0 unspecified atom stereocenters. The van der Waals surface area contributed by atoms with Crippen LogP contribution in [0.4, 0.5) is 0 Å². The number of nitrogens with one attached hydrogen (secondary N) is 2. The number of hydrogen-bond donors (Lipinski definition) is 2. The maximum Gasteiger partial charge on any atom is 0.335 e. The average molecular weight is 295 g/mol. The summed E-state index contributed by atoms with van der Waals surface area (Å²) < 4.78 is 26.9. The van der Waals surface area contributed by atoms with Gasteiger partial charge >= 0.3 is 10.2 Å². The van der Waals surface area contributed by atoms with Crippen molar-refractivity contribution in [3.05, 3.63) is 42.2 Å². The lowest BCUT2D eigenvalue weighted by atomic mass is 10.1. The molecule has 0 aliphatic heterocycles. The van der Waals surface area contributed by atoms with Crippen molar-refractivity contribution in [2.75, 3.05) is 14.1 Å². The molecule has 108 valence electrons. The van der Waals surface area contributed by atoms with Crippen LogP contribution in [-0.4, -0.2) is 36.0 Å². The summed E-state index contributed by atoms with van der Waals surface area (Å²) in [6, 6.07) is 7.50. The van der Waals surface area contributed by atoms with Gasteiger partial charge in [-0.15, -0.1) is 0 Å². The summed E-state index contributed by atoms with van der Waals surface area (Å²) in [5.74, 6) is 0.362. The Bertz CT molecular complexity index is 674. The summed E-state index contributed by atoms with van der Waals surface area (Å²) in [6.45, 7) is 1.97. The van der Waals surface area contributed by atoms with Crippen LogP contribution in [0, 0.1) is 6.92 Å². The lowest BCUT2D eigenvalue weighted by Crippen LogP contribution is -2.50. The molecule has 7 nitrogen and oxygen atoms in total. The summed E-state index contributed by atoms with van der Waals surface area (Å²) in [5.41, 5.74) is 6.94. The predicted octanol–water partition coefficient (Wildman–Crippen LogP) is 0.522. The van der Waals surface area contributed by atoms with Crippen molar-refractivity contribution in [2.24, 2.45) is 0 Å².